The fourth-order valence-electron chi connectivity index (χ4n) is 11.4. The van der Waals surface area contributed by atoms with Crippen molar-refractivity contribution in [1.82, 2.24) is 44.9 Å². The summed E-state index contributed by atoms with van der Waals surface area (Å²) in [6.45, 7) is 12.6. The lowest BCUT2D eigenvalue weighted by atomic mass is 9.83. The van der Waals surface area contributed by atoms with Gasteiger partial charge >= 0.3 is 43.7 Å². The first kappa shape index (κ1) is 75.5. The largest absolute Gasteiger partial charge is 0.586 e. The number of H-pyrrole nitrogens is 1. The van der Waals surface area contributed by atoms with Gasteiger partial charge < -0.3 is 52.9 Å². The van der Waals surface area contributed by atoms with Crippen molar-refractivity contribution in [2.24, 2.45) is 0 Å². The van der Waals surface area contributed by atoms with Crippen molar-refractivity contribution in [3.05, 3.63) is 194 Å². The molecule has 0 spiro atoms. The molecule has 3 saturated carbocycles. The number of halogens is 8. The number of methoxy groups -OCH3 is 2. The number of rotatable bonds is 17. The van der Waals surface area contributed by atoms with Crippen molar-refractivity contribution >= 4 is 68.9 Å². The Kier molecular flexibility index (Phi) is 21.7. The van der Waals surface area contributed by atoms with Crippen LogP contribution >= 0.6 is 33.4 Å². The normalized spacial score (nSPS) is 16.6. The topological polar surface area (TPSA) is 301 Å². The summed E-state index contributed by atoms with van der Waals surface area (Å²) in [5.41, 5.74) is 6.09. The smallest absolute Gasteiger partial charge is 0.467 e. The number of aromatic amines is 1. The van der Waals surface area contributed by atoms with Crippen LogP contribution in [-0.2, 0) is 49.9 Å². The Hall–Kier alpha value is -9.64. The van der Waals surface area contributed by atoms with Crippen LogP contribution in [0.15, 0.2) is 133 Å². The first-order valence-electron chi connectivity index (χ1n) is 32.3. The lowest BCUT2D eigenvalue weighted by Crippen LogP contribution is -2.30. The third-order valence-corrected chi connectivity index (χ3v) is 17.7. The number of carbonyl (C=O) groups excluding carboxylic acids is 3. The fourth-order valence-corrected chi connectivity index (χ4v) is 11.6. The van der Waals surface area contributed by atoms with Crippen LogP contribution < -0.4 is 49.0 Å². The Labute approximate surface area is 609 Å². The predicted molar refractivity (Wildman–Crippen MR) is 376 cm³/mol. The summed E-state index contributed by atoms with van der Waals surface area (Å²) >= 11 is 8.53. The number of nitrogens with one attached hydrogen (secondary N) is 1. The number of ether oxygens (including phenoxy) is 8. The van der Waals surface area contributed by atoms with Gasteiger partial charge in [-0.2, -0.15) is 0 Å². The van der Waals surface area contributed by atoms with Gasteiger partial charge in [0.2, 0.25) is 0 Å². The van der Waals surface area contributed by atoms with Gasteiger partial charge in [0.1, 0.15) is 28.1 Å². The molecule has 0 bridgehead atoms. The SMILES string of the molecule is COc1ncc(-c2nc(CC(=O)C3(c4ccc5c(c4)OC(F)(F)O5)CC3)ccc2C)cn1.COc1ncc(B(O)O)cn1.C[Si](C)(C)I.Cc1ccc(CC(=O)C2(c3ccc4c(c3)OC(F)(F)O4)CC2)nc1-c1cnc(=O)[nH]c1.Cc1ccc(CC(=O)C2(c3ccc4c(c3)OC(F)(F)O4)CC2)nc1Cl. The van der Waals surface area contributed by atoms with Crippen LogP contribution in [0.4, 0.5) is 26.3 Å². The number of carbonyl (C=O) groups is 3. The maximum Gasteiger partial charge on any atom is 0.586 e. The molecule has 104 heavy (non-hydrogen) atoms. The highest BCUT2D eigenvalue weighted by Crippen LogP contribution is 2.56. The van der Waals surface area contributed by atoms with Crippen LogP contribution in [0.25, 0.3) is 22.5 Å². The maximum absolute atomic E-state index is 13.3. The number of pyridine rings is 3. The number of aromatic nitrogens is 9. The van der Waals surface area contributed by atoms with Gasteiger partial charge in [0.05, 0.1) is 41.9 Å². The molecule has 9 heterocycles. The van der Waals surface area contributed by atoms with E-state index in [1.54, 1.807) is 42.7 Å². The lowest BCUT2D eigenvalue weighted by Gasteiger charge is -2.15. The van der Waals surface area contributed by atoms with E-state index in [-0.39, 0.29) is 88.6 Å². The molecule has 0 radical (unpaired) electrons. The van der Waals surface area contributed by atoms with Crippen LogP contribution in [0.2, 0.25) is 24.8 Å². The van der Waals surface area contributed by atoms with E-state index in [2.05, 4.69) is 119 Å². The standard InChI is InChI=1S/C23H19F2N3O4.C22H17F2N3O4.C18H14ClF2NO3.C5H7BN2O3.C3H9ISi/c1-13-3-5-16(28-20(13)14-11-26-21(30-2)27-12-14)10-19(29)22(7-8-22)15-4-6-17-18(9-15)32-23(24,25)31-17;1-12-2-4-15(27-19(12)13-10-25-20(29)26-11-13)9-18(28)21(6-7-21)14-3-5-16-17(8-14)31-22(23,24)30-16;1-10-2-4-12(22-16(10)19)9-15(23)17(6-7-17)11-3-5-13-14(8-11)25-18(20,21)24-13;1-11-5-7-2-4(3-8-5)6(9)10;1-5(2,3)4/h3-6,9,11-12H,7-8,10H2,1-2H3;2-5,8,10-11H,6-7,9H2,1H3,(H,25,26,29);2-5,8H,6-7,9H2,1H3;2-3,9-10H,1H3;1-3H3. The minimum Gasteiger partial charge on any atom is -0.467 e. The van der Waals surface area contributed by atoms with E-state index in [4.69, 9.17) is 26.4 Å². The molecule has 23 nitrogen and oxygen atoms in total. The first-order chi connectivity index (χ1) is 49.1. The van der Waals surface area contributed by atoms with Crippen molar-refractivity contribution in [2.75, 3.05) is 14.2 Å². The quantitative estimate of drug-likeness (QED) is 0.0251. The zero-order valence-corrected chi connectivity index (χ0v) is 60.9. The molecule has 3 fully saturated rings. The van der Waals surface area contributed by atoms with E-state index in [0.29, 0.717) is 94.4 Å². The van der Waals surface area contributed by atoms with E-state index in [1.807, 2.05) is 45.0 Å². The Morgan fingerprint density at radius 2 is 0.837 bits per heavy atom. The van der Waals surface area contributed by atoms with E-state index in [0.717, 1.165) is 22.3 Å². The minimum atomic E-state index is -3.69. The number of alkyl halides is 6. The Balaban J connectivity index is 0.000000142. The summed E-state index contributed by atoms with van der Waals surface area (Å²) in [6, 6.07) is 25.0. The number of nitrogens with zero attached hydrogens (tertiary/aromatic N) is 8. The van der Waals surface area contributed by atoms with Gasteiger partial charge in [0, 0.05) is 90.1 Å². The summed E-state index contributed by atoms with van der Waals surface area (Å²) in [5, 5.41) is 17.6. The Bertz CT molecular complexity index is 4780. The molecular weight excluding hydrogens is 1520 g/mol. The summed E-state index contributed by atoms with van der Waals surface area (Å²) in [6.07, 6.45) is 1.99. The molecule has 0 unspecified atom stereocenters. The third-order valence-electron chi connectivity index (χ3n) is 17.3. The minimum absolute atomic E-state index is 0.00875. The van der Waals surface area contributed by atoms with Crippen LogP contribution in [0.5, 0.6) is 46.5 Å². The van der Waals surface area contributed by atoms with Crippen LogP contribution in [0.1, 0.15) is 89.0 Å². The average molecular weight is 1580 g/mol. The summed E-state index contributed by atoms with van der Waals surface area (Å²) in [4.78, 5) is 85.7. The number of Topliss-reactive ketones (excluding diaryl/α,β-unsaturated/α-hetero) is 3. The number of ketones is 3. The number of aryl methyl sites for hydroxylation is 3. The number of benzene rings is 3. The second kappa shape index (κ2) is 29.8. The highest BCUT2D eigenvalue weighted by Gasteiger charge is 2.55. The molecular formula is C71H66BClF6IN9O14Si. The van der Waals surface area contributed by atoms with Crippen molar-refractivity contribution in [3.8, 4) is 69.0 Å². The van der Waals surface area contributed by atoms with Crippen molar-refractivity contribution < 1.29 is 88.7 Å². The summed E-state index contributed by atoms with van der Waals surface area (Å²) < 4.78 is 116. The zero-order valence-electron chi connectivity index (χ0n) is 57.0. The molecule has 0 saturated heterocycles. The summed E-state index contributed by atoms with van der Waals surface area (Å²) in [7, 11) is 1.40. The van der Waals surface area contributed by atoms with Crippen molar-refractivity contribution in [3.63, 3.8) is 0 Å². The lowest BCUT2D eigenvalue weighted by molar-refractivity contribution is -0.287. The van der Waals surface area contributed by atoms with Gasteiger partial charge in [-0.3, -0.25) is 24.4 Å². The highest BCUT2D eigenvalue weighted by molar-refractivity contribution is 14.1. The molecule has 542 valence electrons. The molecule has 3 aliphatic heterocycles. The molecule has 9 aromatic rings. The van der Waals surface area contributed by atoms with E-state index in [9.17, 15) is 45.5 Å². The fraction of sp³-hybridized carbons (Fsp3) is 0.324. The van der Waals surface area contributed by atoms with Gasteiger partial charge in [0.25, 0.3) is 0 Å². The molecule has 6 aromatic heterocycles. The monoisotopic (exact) mass is 1580 g/mol. The third kappa shape index (κ3) is 17.9. The summed E-state index contributed by atoms with van der Waals surface area (Å²) in [5.74, 6) is -0.335. The van der Waals surface area contributed by atoms with Crippen molar-refractivity contribution in [2.45, 2.75) is 133 Å². The van der Waals surface area contributed by atoms with E-state index >= 15 is 0 Å². The molecule has 3 aromatic carbocycles. The molecule has 3 N–H and O–H groups in total. The van der Waals surface area contributed by atoms with Gasteiger partial charge in [-0.1, -0.05) is 67.6 Å². The van der Waals surface area contributed by atoms with Crippen LogP contribution in [-0.4, -0.2) is 118 Å². The molecule has 0 atom stereocenters. The highest BCUT2D eigenvalue weighted by atomic mass is 127. The zero-order chi connectivity index (χ0) is 74.9. The van der Waals surface area contributed by atoms with Crippen molar-refractivity contribution in [1.29, 1.82) is 0 Å². The van der Waals surface area contributed by atoms with Gasteiger partial charge in [-0.15, -0.1) is 48.1 Å². The number of hydrogen-bond donors (Lipinski definition) is 3. The molecule has 3 aliphatic carbocycles. The van der Waals surface area contributed by atoms with E-state index in [1.165, 1.54) is 75.4 Å². The molecule has 0 amide bonds. The molecule has 6 aliphatic rings. The van der Waals surface area contributed by atoms with Crippen LogP contribution in [0, 0.1) is 20.8 Å². The Morgan fingerprint density at radius 3 is 1.16 bits per heavy atom. The van der Waals surface area contributed by atoms with E-state index < -0.39 is 53.5 Å². The van der Waals surface area contributed by atoms with Gasteiger partial charge in [0.15, 0.2) is 34.5 Å². The van der Waals surface area contributed by atoms with Crippen LogP contribution in [0.3, 0.4) is 0 Å². The maximum atomic E-state index is 13.3. The number of hydrogen-bond acceptors (Lipinski definition) is 22. The Morgan fingerprint density at radius 1 is 0.510 bits per heavy atom. The molecule has 33 heteroatoms. The first-order valence-corrected chi connectivity index (χ1v) is 39.3. The second-order valence-corrected chi connectivity index (χ2v) is 40.3. The predicted octanol–water partition coefficient (Wildman–Crippen LogP) is 12.0. The van der Waals surface area contributed by atoms with Gasteiger partial charge in [-0.25, -0.2) is 34.7 Å². The average Bonchev–Trinajstić information content (AvgIpc) is 1.57. The molecule has 15 rings (SSSR count). The van der Waals surface area contributed by atoms with Gasteiger partial charge in [-0.05, 0) is 147 Å². The second-order valence-electron chi connectivity index (χ2n) is 26.1. The number of fused-ring (bicyclic) bond motifs is 3.